The molecule has 11 heteroatoms. The van der Waals surface area contributed by atoms with Crippen molar-refractivity contribution >= 4 is 31.6 Å². The van der Waals surface area contributed by atoms with Gasteiger partial charge in [0.1, 0.15) is 10.5 Å². The third-order valence-corrected chi connectivity index (χ3v) is 3.24. The number of hydrogen-bond acceptors (Lipinski definition) is 5. The van der Waals surface area contributed by atoms with Crippen molar-refractivity contribution < 1.29 is 22.1 Å². The van der Waals surface area contributed by atoms with Gasteiger partial charge in [0.25, 0.3) is 6.43 Å². The molecular formula is C6H4BrF2N3O4S. The SMILES string of the molecule is NS(=O)(=O)c1cnc(Br)c([N+](=O)[O-])c1C(F)F. The number of rotatable bonds is 3. The summed E-state index contributed by atoms with van der Waals surface area (Å²) in [5.74, 6) is 0. The second-order valence-electron chi connectivity index (χ2n) is 2.78. The molecule has 0 aromatic carbocycles. The summed E-state index contributed by atoms with van der Waals surface area (Å²) in [4.78, 5) is 11.7. The van der Waals surface area contributed by atoms with Crippen LogP contribution in [-0.2, 0) is 10.0 Å². The molecule has 0 saturated heterocycles. The predicted molar refractivity (Wildman–Crippen MR) is 54.9 cm³/mol. The number of sulfonamides is 1. The van der Waals surface area contributed by atoms with E-state index in [2.05, 4.69) is 26.1 Å². The van der Waals surface area contributed by atoms with Gasteiger partial charge < -0.3 is 0 Å². The Kier molecular flexibility index (Phi) is 3.74. The zero-order chi connectivity index (χ0) is 13.4. The molecule has 0 spiro atoms. The van der Waals surface area contributed by atoms with Gasteiger partial charge in [-0.05, 0) is 15.9 Å². The quantitative estimate of drug-likeness (QED) is 0.509. The predicted octanol–water partition coefficient (Wildman–Crippen LogP) is 1.34. The molecule has 0 aliphatic carbocycles. The van der Waals surface area contributed by atoms with Crippen LogP contribution >= 0.6 is 15.9 Å². The number of hydrogen-bond donors (Lipinski definition) is 1. The number of pyridine rings is 1. The molecular weight excluding hydrogens is 328 g/mol. The summed E-state index contributed by atoms with van der Waals surface area (Å²) in [6.07, 6.45) is -2.84. The molecule has 7 nitrogen and oxygen atoms in total. The first-order valence-electron chi connectivity index (χ1n) is 3.80. The maximum absolute atomic E-state index is 12.7. The van der Waals surface area contributed by atoms with Crippen LogP contribution in [0.4, 0.5) is 14.5 Å². The number of halogens is 3. The lowest BCUT2D eigenvalue weighted by molar-refractivity contribution is -0.387. The number of aromatic nitrogens is 1. The van der Waals surface area contributed by atoms with Crippen LogP contribution in [0.1, 0.15) is 12.0 Å². The highest BCUT2D eigenvalue weighted by Gasteiger charge is 2.33. The van der Waals surface area contributed by atoms with Gasteiger partial charge in [0.2, 0.25) is 10.0 Å². The van der Waals surface area contributed by atoms with Crippen molar-refractivity contribution in [2.75, 3.05) is 0 Å². The fourth-order valence-corrected chi connectivity index (χ4v) is 2.24. The minimum atomic E-state index is -4.52. The number of alkyl halides is 2. The molecule has 0 aliphatic rings. The monoisotopic (exact) mass is 331 g/mol. The third kappa shape index (κ3) is 2.73. The Bertz CT molecular complexity index is 577. The molecule has 94 valence electrons. The van der Waals surface area contributed by atoms with Crippen LogP contribution in [0.5, 0.6) is 0 Å². The molecule has 0 fully saturated rings. The highest BCUT2D eigenvalue weighted by molar-refractivity contribution is 9.10. The molecule has 2 N–H and O–H groups in total. The summed E-state index contributed by atoms with van der Waals surface area (Å²) in [5, 5.41) is 15.3. The van der Waals surface area contributed by atoms with Gasteiger partial charge in [0, 0.05) is 6.20 Å². The van der Waals surface area contributed by atoms with Crippen LogP contribution < -0.4 is 5.14 Å². The van der Waals surface area contributed by atoms with Gasteiger partial charge in [-0.25, -0.2) is 27.3 Å². The lowest BCUT2D eigenvalue weighted by Crippen LogP contribution is -2.16. The molecule has 17 heavy (non-hydrogen) atoms. The second kappa shape index (κ2) is 4.58. The van der Waals surface area contributed by atoms with Gasteiger partial charge in [-0.15, -0.1) is 0 Å². The van der Waals surface area contributed by atoms with E-state index in [9.17, 15) is 27.3 Å². The average molecular weight is 332 g/mol. The molecule has 1 aromatic rings. The first-order valence-corrected chi connectivity index (χ1v) is 6.14. The molecule has 0 amide bonds. The van der Waals surface area contributed by atoms with Crippen LogP contribution in [0.25, 0.3) is 0 Å². The lowest BCUT2D eigenvalue weighted by Gasteiger charge is -2.07. The fourth-order valence-electron chi connectivity index (χ4n) is 1.09. The summed E-state index contributed by atoms with van der Waals surface area (Å²) < 4.78 is 46.9. The zero-order valence-electron chi connectivity index (χ0n) is 7.80. The van der Waals surface area contributed by atoms with E-state index in [-0.39, 0.29) is 0 Å². The van der Waals surface area contributed by atoms with E-state index in [4.69, 9.17) is 0 Å². The molecule has 0 saturated carbocycles. The Morgan fingerprint density at radius 3 is 2.41 bits per heavy atom. The molecule has 0 atom stereocenters. The van der Waals surface area contributed by atoms with Crippen molar-refractivity contribution in [3.8, 4) is 0 Å². The van der Waals surface area contributed by atoms with Crippen molar-refractivity contribution in [2.45, 2.75) is 11.3 Å². The highest BCUT2D eigenvalue weighted by atomic mass is 79.9. The van der Waals surface area contributed by atoms with Crippen molar-refractivity contribution in [1.29, 1.82) is 0 Å². The first-order chi connectivity index (χ1) is 7.66. The van der Waals surface area contributed by atoms with Gasteiger partial charge in [-0.2, -0.15) is 0 Å². The Labute approximate surface area is 102 Å². The lowest BCUT2D eigenvalue weighted by atomic mass is 10.2. The van der Waals surface area contributed by atoms with Crippen molar-refractivity contribution in [2.24, 2.45) is 5.14 Å². The molecule has 0 aliphatic heterocycles. The van der Waals surface area contributed by atoms with Gasteiger partial charge in [0.05, 0.1) is 4.92 Å². The molecule has 0 bridgehead atoms. The smallest absolute Gasteiger partial charge is 0.258 e. The Morgan fingerprint density at radius 2 is 2.06 bits per heavy atom. The maximum atomic E-state index is 12.7. The minimum absolute atomic E-state index is 0.495. The van der Waals surface area contributed by atoms with Crippen LogP contribution in [0.15, 0.2) is 15.7 Å². The molecule has 0 unspecified atom stereocenters. The van der Waals surface area contributed by atoms with Crippen LogP contribution in [0.2, 0.25) is 0 Å². The summed E-state index contributed by atoms with van der Waals surface area (Å²) in [5.41, 5.74) is -2.40. The van der Waals surface area contributed by atoms with Crippen molar-refractivity contribution in [1.82, 2.24) is 4.98 Å². The Morgan fingerprint density at radius 1 is 1.53 bits per heavy atom. The molecule has 1 aromatic heterocycles. The maximum Gasteiger partial charge on any atom is 0.312 e. The number of primary sulfonamides is 1. The van der Waals surface area contributed by atoms with E-state index in [0.29, 0.717) is 6.20 Å². The average Bonchev–Trinajstić information content (AvgIpc) is 2.14. The second-order valence-corrected chi connectivity index (χ2v) is 5.06. The zero-order valence-corrected chi connectivity index (χ0v) is 10.2. The van der Waals surface area contributed by atoms with Gasteiger partial charge in [0.15, 0.2) is 4.60 Å². The Balaban J connectivity index is 3.78. The number of nitro groups is 1. The molecule has 1 rings (SSSR count). The largest absolute Gasteiger partial charge is 0.312 e. The van der Waals surface area contributed by atoms with E-state index >= 15 is 0 Å². The number of nitrogens with two attached hydrogens (primary N) is 1. The minimum Gasteiger partial charge on any atom is -0.258 e. The van der Waals surface area contributed by atoms with Crippen molar-refractivity contribution in [3.63, 3.8) is 0 Å². The van der Waals surface area contributed by atoms with E-state index < -0.39 is 42.1 Å². The standard InChI is InChI=1S/C6H4BrF2N3O4S/c7-5-4(12(13)14)3(6(8)9)2(1-11-5)17(10,15)16/h1,6H,(H2,10,15,16). The van der Waals surface area contributed by atoms with Crippen LogP contribution in [0, 0.1) is 10.1 Å². The van der Waals surface area contributed by atoms with E-state index in [1.165, 1.54) is 0 Å². The van der Waals surface area contributed by atoms with Gasteiger partial charge >= 0.3 is 5.69 Å². The van der Waals surface area contributed by atoms with Crippen LogP contribution in [-0.4, -0.2) is 18.3 Å². The van der Waals surface area contributed by atoms with Gasteiger partial charge in [-0.1, -0.05) is 0 Å². The molecule has 0 radical (unpaired) electrons. The normalized spacial score (nSPS) is 11.8. The summed E-state index contributed by atoms with van der Waals surface area (Å²) >= 11 is 2.60. The molecule has 1 heterocycles. The number of nitrogens with zero attached hydrogens (tertiary/aromatic N) is 2. The first kappa shape index (κ1) is 13.9. The third-order valence-electron chi connectivity index (χ3n) is 1.72. The van der Waals surface area contributed by atoms with E-state index in [1.807, 2.05) is 0 Å². The van der Waals surface area contributed by atoms with Gasteiger partial charge in [-0.3, -0.25) is 10.1 Å². The Hall–Kier alpha value is -1.20. The summed E-state index contributed by atoms with van der Waals surface area (Å²) in [7, 11) is -4.52. The summed E-state index contributed by atoms with van der Waals surface area (Å²) in [6.45, 7) is 0. The topological polar surface area (TPSA) is 116 Å². The summed E-state index contributed by atoms with van der Waals surface area (Å²) in [6, 6.07) is 0. The fraction of sp³-hybridized carbons (Fsp3) is 0.167. The highest BCUT2D eigenvalue weighted by Crippen LogP contribution is 2.37. The van der Waals surface area contributed by atoms with Crippen molar-refractivity contribution in [3.05, 3.63) is 26.5 Å². The van der Waals surface area contributed by atoms with E-state index in [1.54, 1.807) is 0 Å². The van der Waals surface area contributed by atoms with Crippen LogP contribution in [0.3, 0.4) is 0 Å². The van der Waals surface area contributed by atoms with E-state index in [0.717, 1.165) is 0 Å².